The molecule has 2 N–H and O–H groups in total. The number of hydrogen-bond donors (Lipinski definition) is 1. The first-order valence-corrected chi connectivity index (χ1v) is 6.09. The molecular weight excluding hydrogens is 255 g/mol. The third kappa shape index (κ3) is 2.01. The third-order valence-corrected chi connectivity index (χ3v) is 3.22. The van der Waals surface area contributed by atoms with Crippen molar-refractivity contribution in [2.75, 3.05) is 0 Å². The molecule has 0 bridgehead atoms. The summed E-state index contributed by atoms with van der Waals surface area (Å²) in [5.74, 6) is -0.984. The van der Waals surface area contributed by atoms with Crippen molar-refractivity contribution < 1.29 is 9.18 Å². The van der Waals surface area contributed by atoms with Gasteiger partial charge in [-0.25, -0.2) is 4.39 Å². The van der Waals surface area contributed by atoms with Gasteiger partial charge in [-0.2, -0.15) is 0 Å². The average molecular weight is 266 g/mol. The van der Waals surface area contributed by atoms with E-state index in [1.807, 2.05) is 24.3 Å². The second-order valence-corrected chi connectivity index (χ2v) is 4.46. The summed E-state index contributed by atoms with van der Waals surface area (Å²) in [7, 11) is 0. The van der Waals surface area contributed by atoms with Crippen LogP contribution in [0.25, 0.3) is 21.9 Å². The molecule has 0 aliphatic heterocycles. The first kappa shape index (κ1) is 12.3. The van der Waals surface area contributed by atoms with Crippen LogP contribution < -0.4 is 5.73 Å². The molecule has 0 saturated heterocycles. The Kier molecular flexibility index (Phi) is 2.91. The first-order chi connectivity index (χ1) is 9.66. The number of fused-ring (bicyclic) bond motifs is 1. The van der Waals surface area contributed by atoms with Crippen LogP contribution in [0.2, 0.25) is 0 Å². The number of rotatable bonds is 2. The summed E-state index contributed by atoms with van der Waals surface area (Å²) in [5, 5.41) is 1.82. The van der Waals surface area contributed by atoms with E-state index in [1.54, 1.807) is 12.4 Å². The van der Waals surface area contributed by atoms with Crippen molar-refractivity contribution in [3.8, 4) is 11.1 Å². The number of nitrogens with zero attached hydrogens (tertiary/aromatic N) is 1. The molecule has 0 aliphatic carbocycles. The number of benzene rings is 2. The molecule has 4 heteroatoms. The highest BCUT2D eigenvalue weighted by Gasteiger charge is 2.13. The lowest BCUT2D eigenvalue weighted by Gasteiger charge is -2.10. The van der Waals surface area contributed by atoms with E-state index in [-0.39, 0.29) is 0 Å². The SMILES string of the molecule is NC(=O)c1ccc(F)cc1-c1cccc2cnccc12. The van der Waals surface area contributed by atoms with E-state index in [1.165, 1.54) is 18.2 Å². The average Bonchev–Trinajstić information content (AvgIpc) is 2.46. The summed E-state index contributed by atoms with van der Waals surface area (Å²) in [5.41, 5.74) is 6.93. The zero-order chi connectivity index (χ0) is 14.1. The van der Waals surface area contributed by atoms with Gasteiger partial charge in [0.1, 0.15) is 5.82 Å². The fourth-order valence-corrected chi connectivity index (χ4v) is 2.31. The summed E-state index contributed by atoms with van der Waals surface area (Å²) >= 11 is 0. The maximum absolute atomic E-state index is 13.5. The topological polar surface area (TPSA) is 56.0 Å². The molecule has 0 radical (unpaired) electrons. The molecule has 0 aliphatic rings. The van der Waals surface area contributed by atoms with E-state index >= 15 is 0 Å². The second kappa shape index (κ2) is 4.74. The molecule has 1 heterocycles. The molecule has 20 heavy (non-hydrogen) atoms. The van der Waals surface area contributed by atoms with Gasteiger partial charge >= 0.3 is 0 Å². The Morgan fingerprint density at radius 1 is 1.10 bits per heavy atom. The van der Waals surface area contributed by atoms with Crippen LogP contribution in [-0.2, 0) is 0 Å². The maximum atomic E-state index is 13.5. The van der Waals surface area contributed by atoms with Crippen LogP contribution in [0, 0.1) is 5.82 Å². The largest absolute Gasteiger partial charge is 0.366 e. The van der Waals surface area contributed by atoms with Crippen molar-refractivity contribution in [1.82, 2.24) is 4.98 Å². The Bertz CT molecular complexity index is 809. The third-order valence-electron chi connectivity index (χ3n) is 3.22. The minimum atomic E-state index is -0.578. The van der Waals surface area contributed by atoms with Gasteiger partial charge in [0.2, 0.25) is 5.91 Å². The highest BCUT2D eigenvalue weighted by atomic mass is 19.1. The monoisotopic (exact) mass is 266 g/mol. The van der Waals surface area contributed by atoms with Crippen molar-refractivity contribution in [1.29, 1.82) is 0 Å². The van der Waals surface area contributed by atoms with Gasteiger partial charge in [0.15, 0.2) is 0 Å². The predicted octanol–water partition coefficient (Wildman–Crippen LogP) is 3.14. The fraction of sp³-hybridized carbons (Fsp3) is 0. The fourth-order valence-electron chi connectivity index (χ4n) is 2.31. The number of hydrogen-bond acceptors (Lipinski definition) is 2. The van der Waals surface area contributed by atoms with Gasteiger partial charge in [0.05, 0.1) is 0 Å². The molecule has 3 rings (SSSR count). The lowest BCUT2D eigenvalue weighted by atomic mass is 9.95. The molecule has 0 spiro atoms. The molecule has 3 aromatic rings. The van der Waals surface area contributed by atoms with Crippen molar-refractivity contribution in [2.45, 2.75) is 0 Å². The highest BCUT2D eigenvalue weighted by molar-refractivity contribution is 6.05. The van der Waals surface area contributed by atoms with E-state index in [9.17, 15) is 9.18 Å². The Balaban J connectivity index is 2.36. The molecule has 1 amide bonds. The van der Waals surface area contributed by atoms with Crippen LogP contribution in [0.1, 0.15) is 10.4 Å². The van der Waals surface area contributed by atoms with E-state index < -0.39 is 11.7 Å². The first-order valence-electron chi connectivity index (χ1n) is 6.09. The standard InChI is InChI=1S/C16H11FN2O/c17-11-4-5-14(16(18)20)15(8-11)13-3-1-2-10-9-19-7-6-12(10)13/h1-9H,(H2,18,20). The van der Waals surface area contributed by atoms with Gasteiger partial charge < -0.3 is 5.73 Å². The molecule has 0 saturated carbocycles. The van der Waals surface area contributed by atoms with Gasteiger partial charge in [-0.3, -0.25) is 9.78 Å². The van der Waals surface area contributed by atoms with Crippen LogP contribution in [0.15, 0.2) is 54.9 Å². The number of amides is 1. The number of carbonyl (C=O) groups excluding carboxylic acids is 1. The molecule has 0 fully saturated rings. The summed E-state index contributed by atoms with van der Waals surface area (Å²) in [6.07, 6.45) is 3.39. The Labute approximate surface area is 114 Å². The Hall–Kier alpha value is -2.75. The van der Waals surface area contributed by atoms with E-state index in [0.29, 0.717) is 11.1 Å². The van der Waals surface area contributed by atoms with Crippen molar-refractivity contribution >= 4 is 16.7 Å². The molecule has 0 atom stereocenters. The lowest BCUT2D eigenvalue weighted by Crippen LogP contribution is -2.12. The van der Waals surface area contributed by atoms with E-state index in [4.69, 9.17) is 5.73 Å². The van der Waals surface area contributed by atoms with Crippen LogP contribution >= 0.6 is 0 Å². The summed E-state index contributed by atoms with van der Waals surface area (Å²) in [6.45, 7) is 0. The minimum absolute atomic E-state index is 0.302. The van der Waals surface area contributed by atoms with Gasteiger partial charge in [-0.05, 0) is 40.8 Å². The van der Waals surface area contributed by atoms with E-state index in [0.717, 1.165) is 16.3 Å². The molecular formula is C16H11FN2O. The van der Waals surface area contributed by atoms with Gasteiger partial charge in [-0.15, -0.1) is 0 Å². The summed E-state index contributed by atoms with van der Waals surface area (Å²) < 4.78 is 13.5. The van der Waals surface area contributed by atoms with Crippen LogP contribution in [0.4, 0.5) is 4.39 Å². The zero-order valence-electron chi connectivity index (χ0n) is 10.5. The number of pyridine rings is 1. The number of halogens is 1. The summed E-state index contributed by atoms with van der Waals surface area (Å²) in [6, 6.07) is 11.4. The molecule has 98 valence electrons. The van der Waals surface area contributed by atoms with Gasteiger partial charge in [-0.1, -0.05) is 18.2 Å². The lowest BCUT2D eigenvalue weighted by molar-refractivity contribution is 0.100. The normalized spacial score (nSPS) is 10.7. The maximum Gasteiger partial charge on any atom is 0.249 e. The molecule has 0 unspecified atom stereocenters. The predicted molar refractivity (Wildman–Crippen MR) is 75.7 cm³/mol. The Morgan fingerprint density at radius 2 is 1.95 bits per heavy atom. The quantitative estimate of drug-likeness (QED) is 0.774. The van der Waals surface area contributed by atoms with Crippen LogP contribution in [0.5, 0.6) is 0 Å². The van der Waals surface area contributed by atoms with Gasteiger partial charge in [0.25, 0.3) is 0 Å². The van der Waals surface area contributed by atoms with Crippen molar-refractivity contribution in [2.24, 2.45) is 5.73 Å². The molecule has 2 aromatic carbocycles. The van der Waals surface area contributed by atoms with Crippen LogP contribution in [-0.4, -0.2) is 10.9 Å². The molecule has 1 aromatic heterocycles. The smallest absolute Gasteiger partial charge is 0.249 e. The summed E-state index contributed by atoms with van der Waals surface area (Å²) in [4.78, 5) is 15.6. The Morgan fingerprint density at radius 3 is 2.75 bits per heavy atom. The zero-order valence-corrected chi connectivity index (χ0v) is 10.5. The second-order valence-electron chi connectivity index (χ2n) is 4.46. The number of carbonyl (C=O) groups is 1. The van der Waals surface area contributed by atoms with Crippen molar-refractivity contribution in [3.05, 3.63) is 66.2 Å². The van der Waals surface area contributed by atoms with Crippen LogP contribution in [0.3, 0.4) is 0 Å². The van der Waals surface area contributed by atoms with Crippen molar-refractivity contribution in [3.63, 3.8) is 0 Å². The molecule has 3 nitrogen and oxygen atoms in total. The van der Waals surface area contributed by atoms with E-state index in [2.05, 4.69) is 4.98 Å². The van der Waals surface area contributed by atoms with Gasteiger partial charge in [0, 0.05) is 23.3 Å². The minimum Gasteiger partial charge on any atom is -0.366 e. The highest BCUT2D eigenvalue weighted by Crippen LogP contribution is 2.31. The number of nitrogens with two attached hydrogens (primary N) is 1. The number of primary amides is 1. The number of aromatic nitrogens is 1.